The highest BCUT2D eigenvalue weighted by Gasteiger charge is 2.06. The van der Waals surface area contributed by atoms with Crippen LogP contribution < -0.4 is 5.73 Å². The number of aryl methyl sites for hydroxylation is 2. The Balaban J connectivity index is 2.30. The zero-order valence-electron chi connectivity index (χ0n) is 9.47. The molecule has 2 rings (SSSR count). The molecule has 1 heterocycles. The first kappa shape index (κ1) is 11.2. The molecule has 0 spiro atoms. The molecule has 16 heavy (non-hydrogen) atoms. The van der Waals surface area contributed by atoms with E-state index in [9.17, 15) is 0 Å². The average Bonchev–Trinajstić information content (AvgIpc) is 2.58. The number of hydrogen-bond donors (Lipinski definition) is 1. The number of hydrogen-bond acceptors (Lipinski definition) is 3. The van der Waals surface area contributed by atoms with Gasteiger partial charge in [-0.1, -0.05) is 30.0 Å². The fourth-order valence-electron chi connectivity index (χ4n) is 1.57. The van der Waals surface area contributed by atoms with Crippen LogP contribution in [0.1, 0.15) is 11.3 Å². The van der Waals surface area contributed by atoms with Crippen molar-refractivity contribution in [1.29, 1.82) is 0 Å². The number of benzene rings is 1. The molecule has 1 aromatic carbocycles. The van der Waals surface area contributed by atoms with Crippen molar-refractivity contribution in [3.8, 4) is 0 Å². The summed E-state index contributed by atoms with van der Waals surface area (Å²) in [4.78, 5) is 1.20. The van der Waals surface area contributed by atoms with Crippen LogP contribution >= 0.6 is 11.8 Å². The van der Waals surface area contributed by atoms with E-state index in [2.05, 4.69) is 23.3 Å². The molecular formula is C12H15N3S. The molecule has 0 saturated heterocycles. The van der Waals surface area contributed by atoms with Crippen molar-refractivity contribution < 1.29 is 0 Å². The fraction of sp³-hybridized carbons (Fsp3) is 0.250. The monoisotopic (exact) mass is 233 g/mol. The maximum Gasteiger partial charge on any atom is 0.0987 e. The predicted molar refractivity (Wildman–Crippen MR) is 66.4 cm³/mol. The van der Waals surface area contributed by atoms with Gasteiger partial charge in [-0.25, -0.2) is 0 Å². The lowest BCUT2D eigenvalue weighted by Gasteiger charge is -2.06. The normalized spacial score (nSPS) is 10.7. The Bertz CT molecular complexity index is 491. The van der Waals surface area contributed by atoms with Crippen LogP contribution in [0.25, 0.3) is 0 Å². The molecule has 3 nitrogen and oxygen atoms in total. The number of nitrogens with zero attached hydrogens (tertiary/aromatic N) is 2. The number of rotatable bonds is 3. The van der Waals surface area contributed by atoms with Crippen LogP contribution in [0.2, 0.25) is 0 Å². The van der Waals surface area contributed by atoms with Crippen LogP contribution in [0, 0.1) is 6.92 Å². The van der Waals surface area contributed by atoms with E-state index >= 15 is 0 Å². The van der Waals surface area contributed by atoms with Crippen molar-refractivity contribution in [3.63, 3.8) is 0 Å². The molecule has 1 aromatic heterocycles. The van der Waals surface area contributed by atoms with E-state index in [-0.39, 0.29) is 0 Å². The summed E-state index contributed by atoms with van der Waals surface area (Å²) in [5, 5.41) is 5.46. The highest BCUT2D eigenvalue weighted by molar-refractivity contribution is 7.99. The van der Waals surface area contributed by atoms with Crippen molar-refractivity contribution in [2.45, 2.75) is 23.4 Å². The topological polar surface area (TPSA) is 43.8 Å². The van der Waals surface area contributed by atoms with Gasteiger partial charge in [-0.15, -0.1) is 0 Å². The van der Waals surface area contributed by atoms with Gasteiger partial charge in [0.25, 0.3) is 0 Å². The van der Waals surface area contributed by atoms with Gasteiger partial charge in [0.15, 0.2) is 0 Å². The maximum absolute atomic E-state index is 5.71. The smallest absolute Gasteiger partial charge is 0.0987 e. The summed E-state index contributed by atoms with van der Waals surface area (Å²) in [6.45, 7) is 2.57. The summed E-state index contributed by atoms with van der Waals surface area (Å²) < 4.78 is 1.90. The molecule has 0 atom stereocenters. The largest absolute Gasteiger partial charge is 0.326 e. The first-order chi connectivity index (χ1) is 7.70. The fourth-order valence-corrected chi connectivity index (χ4v) is 2.62. The molecule has 0 aliphatic carbocycles. The summed E-state index contributed by atoms with van der Waals surface area (Å²) in [6.07, 6.45) is 0. The third-order valence-corrected chi connectivity index (χ3v) is 3.58. The molecule has 84 valence electrons. The van der Waals surface area contributed by atoms with E-state index in [1.807, 2.05) is 30.8 Å². The summed E-state index contributed by atoms with van der Waals surface area (Å²) in [6, 6.07) is 10.3. The Morgan fingerprint density at radius 1 is 1.38 bits per heavy atom. The molecule has 0 aliphatic heterocycles. The van der Waals surface area contributed by atoms with Crippen LogP contribution in [-0.2, 0) is 13.6 Å². The molecular weight excluding hydrogens is 218 g/mol. The van der Waals surface area contributed by atoms with Crippen LogP contribution in [-0.4, -0.2) is 9.78 Å². The molecule has 0 saturated carbocycles. The van der Waals surface area contributed by atoms with E-state index in [0.29, 0.717) is 6.54 Å². The van der Waals surface area contributed by atoms with E-state index in [1.165, 1.54) is 10.5 Å². The van der Waals surface area contributed by atoms with Crippen molar-refractivity contribution in [2.75, 3.05) is 0 Å². The molecule has 0 fully saturated rings. The average molecular weight is 233 g/mol. The van der Waals surface area contributed by atoms with Crippen LogP contribution in [0.4, 0.5) is 0 Å². The summed E-state index contributed by atoms with van der Waals surface area (Å²) in [5.74, 6) is 0. The van der Waals surface area contributed by atoms with Crippen LogP contribution in [0.5, 0.6) is 0 Å². The van der Waals surface area contributed by atoms with E-state index in [0.717, 1.165) is 10.7 Å². The van der Waals surface area contributed by atoms with E-state index in [1.54, 1.807) is 11.8 Å². The van der Waals surface area contributed by atoms with Crippen molar-refractivity contribution >= 4 is 11.8 Å². The summed E-state index contributed by atoms with van der Waals surface area (Å²) in [5.41, 5.74) is 7.92. The minimum absolute atomic E-state index is 0.569. The Hall–Kier alpha value is -1.26. The summed E-state index contributed by atoms with van der Waals surface area (Å²) >= 11 is 1.71. The molecule has 0 bridgehead atoms. The SMILES string of the molecule is Cc1cc(Sc2ccccc2CN)n(C)n1. The highest BCUT2D eigenvalue weighted by atomic mass is 32.2. The molecule has 4 heteroatoms. The Kier molecular flexibility index (Phi) is 3.31. The van der Waals surface area contributed by atoms with Gasteiger partial charge in [0.05, 0.1) is 10.7 Å². The standard InChI is InChI=1S/C12H15N3S/c1-9-7-12(15(2)14-9)16-11-6-4-3-5-10(11)8-13/h3-7H,8,13H2,1-2H3. The zero-order chi connectivity index (χ0) is 11.5. The third kappa shape index (κ3) is 2.28. The van der Waals surface area contributed by atoms with Crippen molar-refractivity contribution in [1.82, 2.24) is 9.78 Å². The van der Waals surface area contributed by atoms with Gasteiger partial charge in [-0.2, -0.15) is 5.10 Å². The molecule has 0 aliphatic rings. The van der Waals surface area contributed by atoms with E-state index in [4.69, 9.17) is 5.73 Å². The van der Waals surface area contributed by atoms with Gasteiger partial charge in [0, 0.05) is 18.5 Å². The highest BCUT2D eigenvalue weighted by Crippen LogP contribution is 2.30. The lowest BCUT2D eigenvalue weighted by molar-refractivity contribution is 0.692. The molecule has 2 N–H and O–H groups in total. The number of aromatic nitrogens is 2. The van der Waals surface area contributed by atoms with E-state index < -0.39 is 0 Å². The Morgan fingerprint density at radius 3 is 2.75 bits per heavy atom. The first-order valence-electron chi connectivity index (χ1n) is 5.17. The van der Waals surface area contributed by atoms with Crippen molar-refractivity contribution in [2.24, 2.45) is 12.8 Å². The van der Waals surface area contributed by atoms with Gasteiger partial charge in [0.1, 0.15) is 0 Å². The van der Waals surface area contributed by atoms with Crippen LogP contribution in [0.15, 0.2) is 40.3 Å². The van der Waals surface area contributed by atoms with Crippen molar-refractivity contribution in [3.05, 3.63) is 41.6 Å². The summed E-state index contributed by atoms with van der Waals surface area (Å²) in [7, 11) is 1.96. The van der Waals surface area contributed by atoms with Gasteiger partial charge in [-0.05, 0) is 24.6 Å². The lowest BCUT2D eigenvalue weighted by atomic mass is 10.2. The number of nitrogens with two attached hydrogens (primary N) is 1. The molecule has 0 amide bonds. The zero-order valence-corrected chi connectivity index (χ0v) is 10.3. The van der Waals surface area contributed by atoms with Gasteiger partial charge >= 0.3 is 0 Å². The van der Waals surface area contributed by atoms with Gasteiger partial charge in [-0.3, -0.25) is 4.68 Å². The lowest BCUT2D eigenvalue weighted by Crippen LogP contribution is -1.98. The molecule has 0 radical (unpaired) electrons. The Labute approximate surface area is 99.7 Å². The quantitative estimate of drug-likeness (QED) is 0.885. The van der Waals surface area contributed by atoms with Crippen LogP contribution in [0.3, 0.4) is 0 Å². The second kappa shape index (κ2) is 4.72. The Morgan fingerprint density at radius 2 is 2.12 bits per heavy atom. The van der Waals surface area contributed by atoms with Gasteiger partial charge < -0.3 is 5.73 Å². The second-order valence-electron chi connectivity index (χ2n) is 3.66. The third-order valence-electron chi connectivity index (χ3n) is 2.37. The predicted octanol–water partition coefficient (Wildman–Crippen LogP) is 2.34. The molecule has 2 aromatic rings. The second-order valence-corrected chi connectivity index (χ2v) is 4.72. The first-order valence-corrected chi connectivity index (χ1v) is 5.99. The molecule has 0 unspecified atom stereocenters. The van der Waals surface area contributed by atoms with Gasteiger partial charge in [0.2, 0.25) is 0 Å². The maximum atomic E-state index is 5.71. The minimum atomic E-state index is 0.569. The minimum Gasteiger partial charge on any atom is -0.326 e.